The number of fused-ring (bicyclic) bond motifs is 4. The van der Waals surface area contributed by atoms with Crippen molar-refractivity contribution in [3.63, 3.8) is 0 Å². The number of aliphatic hydroxyl groups excluding tert-OH is 1. The summed E-state index contributed by atoms with van der Waals surface area (Å²) >= 11 is 0. The third-order valence-electron chi connectivity index (χ3n) is 6.41. The molecule has 2 aromatic carbocycles. The number of epoxide rings is 1. The molecule has 0 radical (unpaired) electrons. The highest BCUT2D eigenvalue weighted by Gasteiger charge is 2.67. The molecule has 6 rings (SSSR count). The fourth-order valence-corrected chi connectivity index (χ4v) is 5.27. The molecule has 5 unspecified atom stereocenters. The van der Waals surface area contributed by atoms with Crippen LogP contribution in [0.2, 0.25) is 0 Å². The molecule has 1 saturated heterocycles. The van der Waals surface area contributed by atoms with Crippen LogP contribution >= 0.6 is 0 Å². The number of Topliss-reactive ketones (excluding diaryl/α,β-unsaturated/α-hetero) is 2. The first-order valence-electron chi connectivity index (χ1n) is 8.71. The molecule has 1 heterocycles. The second-order valence-corrected chi connectivity index (χ2v) is 7.63. The average molecular weight is 366 g/mol. The summed E-state index contributed by atoms with van der Waals surface area (Å²) in [7, 11) is 0. The van der Waals surface area contributed by atoms with Gasteiger partial charge in [0, 0.05) is 12.0 Å². The largest absolute Gasteiger partial charge is 0.507 e. The van der Waals surface area contributed by atoms with Crippen LogP contribution in [0.3, 0.4) is 0 Å². The van der Waals surface area contributed by atoms with E-state index in [1.807, 2.05) is 0 Å². The van der Waals surface area contributed by atoms with Crippen LogP contribution in [0.25, 0.3) is 11.1 Å². The number of aliphatic hydroxyl groups is 2. The first kappa shape index (κ1) is 15.3. The lowest BCUT2D eigenvalue weighted by Gasteiger charge is -2.49. The van der Waals surface area contributed by atoms with E-state index in [1.54, 1.807) is 12.1 Å². The van der Waals surface area contributed by atoms with E-state index in [4.69, 9.17) is 4.74 Å². The van der Waals surface area contributed by atoms with Crippen LogP contribution in [0.4, 0.5) is 0 Å². The van der Waals surface area contributed by atoms with E-state index in [2.05, 4.69) is 0 Å². The molecule has 2 aromatic rings. The molecular weight excluding hydrogens is 352 g/mol. The first-order chi connectivity index (χ1) is 12.9. The molecule has 0 saturated carbocycles. The molecule has 136 valence electrons. The third-order valence-corrected chi connectivity index (χ3v) is 6.41. The zero-order valence-electron chi connectivity index (χ0n) is 13.8. The summed E-state index contributed by atoms with van der Waals surface area (Å²) in [5, 5.41) is 43.1. The van der Waals surface area contributed by atoms with Crippen molar-refractivity contribution in [1.82, 2.24) is 0 Å². The zero-order chi connectivity index (χ0) is 18.8. The van der Waals surface area contributed by atoms with E-state index < -0.39 is 35.6 Å². The fraction of sp³-hybridized carbons (Fsp3) is 0.300. The summed E-state index contributed by atoms with van der Waals surface area (Å²) in [6.07, 6.45) is -3.22. The molecule has 7 nitrogen and oxygen atoms in total. The van der Waals surface area contributed by atoms with Gasteiger partial charge in [-0.05, 0) is 28.8 Å². The Morgan fingerprint density at radius 1 is 1.00 bits per heavy atom. The molecule has 0 bridgehead atoms. The molecule has 0 amide bonds. The van der Waals surface area contributed by atoms with Crippen LogP contribution in [-0.4, -0.2) is 50.3 Å². The van der Waals surface area contributed by atoms with E-state index >= 15 is 0 Å². The van der Waals surface area contributed by atoms with E-state index in [0.717, 1.165) is 0 Å². The summed E-state index contributed by atoms with van der Waals surface area (Å²) in [5.74, 6) is -2.09. The van der Waals surface area contributed by atoms with Crippen LogP contribution in [0, 0.1) is 0 Å². The maximum absolute atomic E-state index is 12.7. The van der Waals surface area contributed by atoms with Crippen molar-refractivity contribution in [1.29, 1.82) is 0 Å². The standard InChI is InChI=1S/C20H14O7/c21-8-4-2-7-6-1-3-9(22)14-12(6)16(18-19(27-18)17(14)25)20(26)11(24)5-10(23)13(8)15(7)20/h1-4,11,16,18-19,21-22,24,26H,5H2. The maximum Gasteiger partial charge on any atom is 0.198 e. The molecule has 4 aliphatic rings. The van der Waals surface area contributed by atoms with Crippen LogP contribution in [0.15, 0.2) is 24.3 Å². The number of hydrogen-bond donors (Lipinski definition) is 4. The van der Waals surface area contributed by atoms with Gasteiger partial charge in [-0.2, -0.15) is 0 Å². The van der Waals surface area contributed by atoms with Crippen molar-refractivity contribution in [2.24, 2.45) is 0 Å². The lowest BCUT2D eigenvalue weighted by molar-refractivity contribution is -0.108. The van der Waals surface area contributed by atoms with Gasteiger partial charge in [-0.25, -0.2) is 0 Å². The lowest BCUT2D eigenvalue weighted by atomic mass is 9.57. The summed E-state index contributed by atoms with van der Waals surface area (Å²) in [4.78, 5) is 25.2. The Balaban J connectivity index is 1.82. The predicted molar refractivity (Wildman–Crippen MR) is 89.8 cm³/mol. The summed E-state index contributed by atoms with van der Waals surface area (Å²) < 4.78 is 5.52. The van der Waals surface area contributed by atoms with Gasteiger partial charge in [-0.15, -0.1) is 0 Å². The number of rotatable bonds is 0. The molecule has 1 aliphatic heterocycles. The van der Waals surface area contributed by atoms with E-state index in [0.29, 0.717) is 16.7 Å². The molecule has 27 heavy (non-hydrogen) atoms. The SMILES string of the molecule is O=C1CC(O)C2(O)c3c(ccc(O)c31)-c1ccc(O)c3c1C2C1OC1C3=O. The predicted octanol–water partition coefficient (Wildman–Crippen LogP) is 0.961. The van der Waals surface area contributed by atoms with Crippen molar-refractivity contribution in [2.45, 2.75) is 36.3 Å². The molecule has 5 atom stereocenters. The smallest absolute Gasteiger partial charge is 0.198 e. The highest BCUT2D eigenvalue weighted by Crippen LogP contribution is 2.63. The number of carbonyl (C=O) groups excluding carboxylic acids is 2. The Morgan fingerprint density at radius 3 is 2.41 bits per heavy atom. The number of benzene rings is 2. The molecule has 0 aromatic heterocycles. The summed E-state index contributed by atoms with van der Waals surface area (Å²) in [6.45, 7) is 0. The second kappa shape index (κ2) is 4.39. The van der Waals surface area contributed by atoms with Gasteiger partial charge in [0.05, 0.1) is 23.1 Å². The Bertz CT molecular complexity index is 1100. The van der Waals surface area contributed by atoms with Gasteiger partial charge in [0.15, 0.2) is 11.6 Å². The third kappa shape index (κ3) is 1.52. The van der Waals surface area contributed by atoms with Gasteiger partial charge in [0.1, 0.15) is 29.3 Å². The molecular formula is C20H14O7. The van der Waals surface area contributed by atoms with E-state index in [-0.39, 0.29) is 40.4 Å². The minimum atomic E-state index is -1.91. The Morgan fingerprint density at radius 2 is 1.67 bits per heavy atom. The number of ketones is 2. The quantitative estimate of drug-likeness (QED) is 0.511. The number of ether oxygens (including phenoxy) is 1. The lowest BCUT2D eigenvalue weighted by Crippen LogP contribution is -2.54. The molecule has 0 spiro atoms. The maximum atomic E-state index is 12.7. The van der Waals surface area contributed by atoms with Crippen molar-refractivity contribution in [2.75, 3.05) is 0 Å². The van der Waals surface area contributed by atoms with Gasteiger partial charge in [-0.3, -0.25) is 9.59 Å². The highest BCUT2D eigenvalue weighted by molar-refractivity contribution is 6.10. The fourth-order valence-electron chi connectivity index (χ4n) is 5.27. The Labute approximate surface area is 152 Å². The molecule has 7 heteroatoms. The normalized spacial score (nSPS) is 34.6. The minimum absolute atomic E-state index is 0.00493. The van der Waals surface area contributed by atoms with Gasteiger partial charge in [0.2, 0.25) is 0 Å². The van der Waals surface area contributed by atoms with Crippen LogP contribution < -0.4 is 0 Å². The van der Waals surface area contributed by atoms with Crippen LogP contribution in [0.5, 0.6) is 11.5 Å². The van der Waals surface area contributed by atoms with Crippen molar-refractivity contribution in [3.05, 3.63) is 46.5 Å². The summed E-state index contributed by atoms with van der Waals surface area (Å²) in [5.41, 5.74) is -0.186. The minimum Gasteiger partial charge on any atom is -0.507 e. The number of aromatic hydroxyl groups is 2. The van der Waals surface area contributed by atoms with Crippen LogP contribution in [-0.2, 0) is 10.3 Å². The van der Waals surface area contributed by atoms with Gasteiger partial charge in [-0.1, -0.05) is 12.1 Å². The van der Waals surface area contributed by atoms with Gasteiger partial charge < -0.3 is 25.2 Å². The van der Waals surface area contributed by atoms with Crippen LogP contribution in [0.1, 0.15) is 44.2 Å². The molecule has 1 fully saturated rings. The van der Waals surface area contributed by atoms with Crippen molar-refractivity contribution in [3.8, 4) is 22.6 Å². The second-order valence-electron chi connectivity index (χ2n) is 7.63. The first-order valence-corrected chi connectivity index (χ1v) is 8.71. The van der Waals surface area contributed by atoms with E-state index in [9.17, 15) is 30.0 Å². The summed E-state index contributed by atoms with van der Waals surface area (Å²) in [6, 6.07) is 5.94. The number of carbonyl (C=O) groups is 2. The Hall–Kier alpha value is -2.74. The highest BCUT2D eigenvalue weighted by atomic mass is 16.6. The monoisotopic (exact) mass is 366 g/mol. The molecule has 4 N–H and O–H groups in total. The van der Waals surface area contributed by atoms with E-state index in [1.165, 1.54) is 12.1 Å². The molecule has 3 aliphatic carbocycles. The Kier molecular flexibility index (Phi) is 2.49. The number of hydrogen-bond acceptors (Lipinski definition) is 7. The number of phenolic OH excluding ortho intramolecular Hbond substituents is 2. The number of phenols is 2. The van der Waals surface area contributed by atoms with Crippen molar-refractivity contribution >= 4 is 11.6 Å². The van der Waals surface area contributed by atoms with Gasteiger partial charge >= 0.3 is 0 Å². The van der Waals surface area contributed by atoms with Gasteiger partial charge in [0.25, 0.3) is 0 Å². The van der Waals surface area contributed by atoms with Crippen molar-refractivity contribution < 1.29 is 34.8 Å². The average Bonchev–Trinajstić information content (AvgIpc) is 3.41. The topological polar surface area (TPSA) is 128 Å². The zero-order valence-corrected chi connectivity index (χ0v) is 13.8.